The second-order valence-corrected chi connectivity index (χ2v) is 11.6. The Kier molecular flexibility index (Phi) is 19.1. The first-order valence-corrected chi connectivity index (χ1v) is 16.7. The number of hydrogen-bond donors (Lipinski definition) is 5. The number of hydrogen-bond acceptors (Lipinski definition) is 9. The third-order valence-corrected chi connectivity index (χ3v) is 7.57. The summed E-state index contributed by atoms with van der Waals surface area (Å²) in [6.45, 7) is 9.63. The molecule has 0 saturated carbocycles. The maximum Gasteiger partial charge on any atom is 0.355 e. The number of amidine groups is 1. The summed E-state index contributed by atoms with van der Waals surface area (Å²) in [5.74, 6) is -1.98. The monoisotopic (exact) mass is 813 g/mol. The molecule has 0 spiro atoms. The lowest BCUT2D eigenvalue weighted by Gasteiger charge is -2.13. The molecule has 0 aromatic heterocycles. The van der Waals surface area contributed by atoms with Crippen molar-refractivity contribution in [1.82, 2.24) is 16.0 Å². The van der Waals surface area contributed by atoms with Gasteiger partial charge in [0, 0.05) is 35.5 Å². The minimum absolute atomic E-state index is 0.00875. The first-order valence-electron chi connectivity index (χ1n) is 15.5. The van der Waals surface area contributed by atoms with Gasteiger partial charge < -0.3 is 31.2 Å². The van der Waals surface area contributed by atoms with Crippen molar-refractivity contribution in [3.05, 3.63) is 111 Å². The number of allylic oxidation sites excluding steroid dienone is 3. The number of esters is 2. The van der Waals surface area contributed by atoms with E-state index < -0.39 is 18.0 Å². The molecule has 0 saturated heterocycles. The zero-order valence-corrected chi connectivity index (χ0v) is 31.6. The second kappa shape index (κ2) is 22.4. The lowest BCUT2D eigenvalue weighted by Crippen LogP contribution is -2.39. The predicted molar refractivity (Wildman–Crippen MR) is 203 cm³/mol. The molecular formula is C37H44IN5O8. The van der Waals surface area contributed by atoms with Gasteiger partial charge in [-0.25, -0.2) is 9.59 Å². The van der Waals surface area contributed by atoms with Crippen molar-refractivity contribution in [2.75, 3.05) is 14.2 Å². The highest BCUT2D eigenvalue weighted by Crippen LogP contribution is 2.32. The number of nitrogens with one attached hydrogen (secondary N) is 4. The molecule has 13 nitrogen and oxygen atoms in total. The van der Waals surface area contributed by atoms with Crippen LogP contribution in [0.25, 0.3) is 5.57 Å². The number of ketones is 1. The molecule has 3 amide bonds. The average molecular weight is 814 g/mol. The number of halogens is 1. The third kappa shape index (κ3) is 15.8. The lowest BCUT2D eigenvalue weighted by atomic mass is 10.0. The lowest BCUT2D eigenvalue weighted by molar-refractivity contribution is -0.138. The van der Waals surface area contributed by atoms with Crippen LogP contribution in [0, 0.1) is 5.41 Å². The number of nitrogens with two attached hydrogens (primary N) is 1. The number of carbonyl (C=O) groups excluding carboxylic acids is 6. The Bertz CT molecular complexity index is 1710. The summed E-state index contributed by atoms with van der Waals surface area (Å²) in [6.07, 6.45) is 3.44. The van der Waals surface area contributed by atoms with Crippen molar-refractivity contribution in [3.63, 3.8) is 0 Å². The highest BCUT2D eigenvalue weighted by Gasteiger charge is 2.22. The van der Waals surface area contributed by atoms with E-state index in [1.807, 2.05) is 78.1 Å². The van der Waals surface area contributed by atoms with E-state index in [-0.39, 0.29) is 40.7 Å². The summed E-state index contributed by atoms with van der Waals surface area (Å²) in [6, 6.07) is 16.8. The summed E-state index contributed by atoms with van der Waals surface area (Å²) >= 11 is 1.84. The van der Waals surface area contributed by atoms with Crippen molar-refractivity contribution in [3.8, 4) is 0 Å². The van der Waals surface area contributed by atoms with E-state index in [2.05, 4.69) is 32.0 Å². The van der Waals surface area contributed by atoms with Gasteiger partial charge in [-0.3, -0.25) is 24.6 Å². The van der Waals surface area contributed by atoms with Gasteiger partial charge in [-0.2, -0.15) is 0 Å². The number of benzene rings is 2. The van der Waals surface area contributed by atoms with Crippen LogP contribution in [-0.2, 0) is 44.7 Å². The molecule has 6 N–H and O–H groups in total. The van der Waals surface area contributed by atoms with Crippen LogP contribution in [0.1, 0.15) is 57.2 Å². The SMILES string of the molecule is C=C(NC(C)=O)C(=O)OC.CC1=C(c2ccccc2)C=C(C(=O)N[C@@H](C)C(=O)CCc2ccc(C(=N)N)cc2)C1.COC(=O)/C(=C/I)NC(C)=O. The number of rotatable bonds is 12. The van der Waals surface area contributed by atoms with E-state index in [4.69, 9.17) is 11.1 Å². The molecule has 14 heteroatoms. The highest BCUT2D eigenvalue weighted by molar-refractivity contribution is 14.1. The van der Waals surface area contributed by atoms with Crippen LogP contribution < -0.4 is 21.7 Å². The van der Waals surface area contributed by atoms with Gasteiger partial charge in [-0.15, -0.1) is 0 Å². The van der Waals surface area contributed by atoms with Crippen LogP contribution in [0.2, 0.25) is 0 Å². The fourth-order valence-electron chi connectivity index (χ4n) is 4.34. The Labute approximate surface area is 311 Å². The maximum absolute atomic E-state index is 12.7. The van der Waals surface area contributed by atoms with Crippen LogP contribution in [0.4, 0.5) is 0 Å². The van der Waals surface area contributed by atoms with Gasteiger partial charge >= 0.3 is 11.9 Å². The van der Waals surface area contributed by atoms with Crippen molar-refractivity contribution < 1.29 is 38.2 Å². The topological polar surface area (TPSA) is 207 Å². The summed E-state index contributed by atoms with van der Waals surface area (Å²) in [5.41, 5.74) is 11.2. The summed E-state index contributed by atoms with van der Waals surface area (Å²) < 4.78 is 10.1. The van der Waals surface area contributed by atoms with Crippen LogP contribution in [0.15, 0.2) is 93.9 Å². The number of Topliss-reactive ketones (excluding diaryl/α,β-unsaturated/α-hetero) is 1. The van der Waals surface area contributed by atoms with E-state index in [9.17, 15) is 28.8 Å². The molecule has 1 aliphatic rings. The highest BCUT2D eigenvalue weighted by atomic mass is 127. The standard InChI is InChI=1S/C25H27N3O2.C6H8INO3.C6H9NO3/c1-16-14-21(15-22(16)19-6-4-3-5-7-19)25(30)28-17(2)23(29)13-10-18-8-11-20(12-9-18)24(26)27;1-4(9)8-5(3-7)6(10)11-2;1-4(6(9)10-3)7-5(2)8/h3-9,11-12,15,17H,10,13-14H2,1-2H3,(H3,26,27)(H,28,30);3H,1-2H3,(H,8,9);1H2,2-3H3,(H,7,8)/b;5-3-;/t17-;;/m0../s1. The van der Waals surface area contributed by atoms with Crippen LogP contribution in [0.5, 0.6) is 0 Å². The van der Waals surface area contributed by atoms with E-state index in [1.54, 1.807) is 19.1 Å². The Balaban J connectivity index is 0.000000508. The Morgan fingerprint density at radius 3 is 2.00 bits per heavy atom. The van der Waals surface area contributed by atoms with Crippen LogP contribution in [0.3, 0.4) is 0 Å². The minimum Gasteiger partial charge on any atom is -0.464 e. The first kappa shape index (κ1) is 43.6. The molecule has 0 aliphatic heterocycles. The van der Waals surface area contributed by atoms with Crippen molar-refractivity contribution >= 4 is 69.4 Å². The molecule has 1 atom stereocenters. The Morgan fingerprint density at radius 2 is 1.51 bits per heavy atom. The molecule has 272 valence electrons. The Hall–Kier alpha value is -5.38. The molecule has 1 aliphatic carbocycles. The number of methoxy groups -OCH3 is 2. The summed E-state index contributed by atoms with van der Waals surface area (Å²) in [7, 11) is 2.47. The van der Waals surface area contributed by atoms with Gasteiger partial charge in [-0.1, -0.05) is 89.3 Å². The largest absolute Gasteiger partial charge is 0.464 e. The molecule has 0 bridgehead atoms. The number of aryl methyl sites for hydroxylation is 1. The predicted octanol–water partition coefficient (Wildman–Crippen LogP) is 4.16. The van der Waals surface area contributed by atoms with E-state index in [0.717, 1.165) is 22.3 Å². The number of carbonyl (C=O) groups is 6. The summed E-state index contributed by atoms with van der Waals surface area (Å²) in [5, 5.41) is 14.8. The molecule has 0 radical (unpaired) electrons. The van der Waals surface area contributed by atoms with Crippen molar-refractivity contribution in [2.45, 2.75) is 53.0 Å². The Morgan fingerprint density at radius 1 is 0.941 bits per heavy atom. The zero-order valence-electron chi connectivity index (χ0n) is 29.5. The van der Waals surface area contributed by atoms with Crippen LogP contribution in [-0.4, -0.2) is 61.5 Å². The van der Waals surface area contributed by atoms with E-state index in [0.29, 0.717) is 30.4 Å². The summed E-state index contributed by atoms with van der Waals surface area (Å²) in [4.78, 5) is 67.2. The molecule has 0 unspecified atom stereocenters. The quantitative estimate of drug-likeness (QED) is 0.0685. The van der Waals surface area contributed by atoms with E-state index in [1.165, 1.54) is 32.1 Å². The van der Waals surface area contributed by atoms with Crippen molar-refractivity contribution in [1.29, 1.82) is 5.41 Å². The normalized spacial score (nSPS) is 12.3. The van der Waals surface area contributed by atoms with Gasteiger partial charge in [0.2, 0.25) is 17.7 Å². The zero-order chi connectivity index (χ0) is 38.7. The molecule has 0 fully saturated rings. The van der Waals surface area contributed by atoms with Crippen molar-refractivity contribution in [2.24, 2.45) is 5.73 Å². The van der Waals surface area contributed by atoms with Gasteiger partial charge in [-0.05, 0) is 49.5 Å². The molecule has 51 heavy (non-hydrogen) atoms. The van der Waals surface area contributed by atoms with Crippen LogP contribution >= 0.6 is 22.6 Å². The number of amides is 3. The van der Waals surface area contributed by atoms with E-state index >= 15 is 0 Å². The molecule has 3 rings (SSSR count). The number of nitrogen functional groups attached to an aromatic ring is 1. The molecular weight excluding hydrogens is 769 g/mol. The minimum atomic E-state index is -0.629. The molecule has 2 aromatic carbocycles. The molecule has 2 aromatic rings. The number of ether oxygens (including phenoxy) is 2. The average Bonchev–Trinajstić information content (AvgIpc) is 3.51. The fourth-order valence-corrected chi connectivity index (χ4v) is 4.75. The molecule has 0 heterocycles. The van der Waals surface area contributed by atoms with Gasteiger partial charge in [0.1, 0.15) is 17.2 Å². The maximum atomic E-state index is 12.7. The smallest absolute Gasteiger partial charge is 0.355 e. The second-order valence-electron chi connectivity index (χ2n) is 11.0. The first-order chi connectivity index (χ1) is 24.0. The van der Waals surface area contributed by atoms with Gasteiger partial charge in [0.25, 0.3) is 0 Å². The van der Waals surface area contributed by atoms with Gasteiger partial charge in [0.15, 0.2) is 5.78 Å². The van der Waals surface area contributed by atoms with Gasteiger partial charge in [0.05, 0.1) is 20.3 Å². The third-order valence-electron chi connectivity index (χ3n) is 6.95. The fraction of sp³-hybridized carbons (Fsp3) is 0.270.